The molecule has 6 nitrogen and oxygen atoms in total. The first kappa shape index (κ1) is 18.2. The Bertz CT molecular complexity index is 996. The maximum atomic E-state index is 12.7. The zero-order chi connectivity index (χ0) is 19.5. The van der Waals surface area contributed by atoms with Crippen molar-refractivity contribution in [3.8, 4) is 0 Å². The van der Waals surface area contributed by atoms with Crippen LogP contribution >= 0.6 is 0 Å². The minimum atomic E-state index is -0.394. The number of hydrogen-bond donors (Lipinski definition) is 1. The molecule has 1 atom stereocenters. The molecular weight excluding hydrogens is 352 g/mol. The Labute approximate surface area is 164 Å². The van der Waals surface area contributed by atoms with Crippen LogP contribution in [0.1, 0.15) is 29.8 Å². The Morgan fingerprint density at radius 3 is 2.75 bits per heavy atom. The van der Waals surface area contributed by atoms with Crippen molar-refractivity contribution in [2.75, 3.05) is 6.54 Å². The number of benzene rings is 1. The Hall–Kier alpha value is -3.15. The Morgan fingerprint density at radius 2 is 1.96 bits per heavy atom. The lowest BCUT2D eigenvalue weighted by atomic mass is 10.1. The van der Waals surface area contributed by atoms with E-state index in [1.807, 2.05) is 66.1 Å². The number of carbonyl (C=O) groups excluding carboxylic acids is 2. The Morgan fingerprint density at radius 1 is 1.14 bits per heavy atom. The van der Waals surface area contributed by atoms with Crippen LogP contribution in [0.4, 0.5) is 0 Å². The zero-order valence-electron chi connectivity index (χ0n) is 16.0. The summed E-state index contributed by atoms with van der Waals surface area (Å²) in [6.45, 7) is 3.01. The molecule has 1 fully saturated rings. The van der Waals surface area contributed by atoms with Gasteiger partial charge < -0.3 is 14.6 Å². The highest BCUT2D eigenvalue weighted by Crippen LogP contribution is 2.19. The maximum absolute atomic E-state index is 12.7. The van der Waals surface area contributed by atoms with Gasteiger partial charge in [-0.2, -0.15) is 0 Å². The van der Waals surface area contributed by atoms with E-state index in [-0.39, 0.29) is 11.8 Å². The first-order valence-corrected chi connectivity index (χ1v) is 9.66. The smallest absolute Gasteiger partial charge is 0.243 e. The van der Waals surface area contributed by atoms with Gasteiger partial charge in [0, 0.05) is 18.4 Å². The molecule has 2 amide bonds. The summed E-state index contributed by atoms with van der Waals surface area (Å²) >= 11 is 0. The van der Waals surface area contributed by atoms with E-state index in [4.69, 9.17) is 0 Å². The number of fused-ring (bicyclic) bond motifs is 1. The van der Waals surface area contributed by atoms with Gasteiger partial charge in [0.05, 0.1) is 18.7 Å². The third-order valence-electron chi connectivity index (χ3n) is 5.26. The summed E-state index contributed by atoms with van der Waals surface area (Å²) in [6.07, 6.45) is 3.83. The molecule has 1 N–H and O–H groups in total. The molecule has 0 radical (unpaired) electrons. The second kappa shape index (κ2) is 7.84. The van der Waals surface area contributed by atoms with Crippen LogP contribution in [0.5, 0.6) is 0 Å². The standard InChI is InChI=1S/C22H24N4O2/c1-16-7-5-11-20-24-18(15-26(16)20)14-23-22(28)19-10-6-12-25(19)21(27)13-17-8-3-2-4-9-17/h2-5,7-9,11,15,19H,6,10,12-14H2,1H3,(H,23,28). The lowest BCUT2D eigenvalue weighted by molar-refractivity contribution is -0.138. The van der Waals surface area contributed by atoms with Crippen molar-refractivity contribution < 1.29 is 9.59 Å². The number of pyridine rings is 1. The van der Waals surface area contributed by atoms with Crippen molar-refractivity contribution in [3.05, 3.63) is 71.7 Å². The van der Waals surface area contributed by atoms with E-state index in [9.17, 15) is 9.59 Å². The summed E-state index contributed by atoms with van der Waals surface area (Å²) in [6, 6.07) is 15.2. The highest BCUT2D eigenvalue weighted by atomic mass is 16.2. The lowest BCUT2D eigenvalue weighted by Gasteiger charge is -2.24. The summed E-state index contributed by atoms with van der Waals surface area (Å²) in [7, 11) is 0. The molecule has 2 aromatic heterocycles. The number of aromatic nitrogens is 2. The quantitative estimate of drug-likeness (QED) is 0.744. The molecule has 1 aromatic carbocycles. The van der Waals surface area contributed by atoms with Gasteiger partial charge in [-0.25, -0.2) is 4.98 Å². The van der Waals surface area contributed by atoms with Crippen LogP contribution in [-0.4, -0.2) is 38.7 Å². The van der Waals surface area contributed by atoms with Crippen molar-refractivity contribution in [2.45, 2.75) is 38.8 Å². The highest BCUT2D eigenvalue weighted by molar-refractivity contribution is 5.89. The number of likely N-dealkylation sites (tertiary alicyclic amines) is 1. The summed E-state index contributed by atoms with van der Waals surface area (Å²) in [5.74, 6) is -0.0973. The van der Waals surface area contributed by atoms with Gasteiger partial charge in [-0.15, -0.1) is 0 Å². The molecule has 28 heavy (non-hydrogen) atoms. The minimum Gasteiger partial charge on any atom is -0.349 e. The van der Waals surface area contributed by atoms with Gasteiger partial charge in [0.15, 0.2) is 0 Å². The molecule has 0 spiro atoms. The number of nitrogens with zero attached hydrogens (tertiary/aromatic N) is 3. The predicted octanol–water partition coefficient (Wildman–Crippen LogP) is 2.49. The number of rotatable bonds is 5. The summed E-state index contributed by atoms with van der Waals surface area (Å²) in [5.41, 5.74) is 3.74. The van der Waals surface area contributed by atoms with Crippen LogP contribution in [0.3, 0.4) is 0 Å². The topological polar surface area (TPSA) is 66.7 Å². The first-order valence-electron chi connectivity index (χ1n) is 9.66. The van der Waals surface area contributed by atoms with Gasteiger partial charge in [-0.1, -0.05) is 36.4 Å². The van der Waals surface area contributed by atoms with Crippen LogP contribution in [0.25, 0.3) is 5.65 Å². The fourth-order valence-corrected chi connectivity index (χ4v) is 3.79. The molecule has 1 saturated heterocycles. The molecule has 3 aromatic rings. The highest BCUT2D eigenvalue weighted by Gasteiger charge is 2.33. The van der Waals surface area contributed by atoms with Gasteiger partial charge >= 0.3 is 0 Å². The van der Waals surface area contributed by atoms with Crippen molar-refractivity contribution in [3.63, 3.8) is 0 Å². The molecule has 144 valence electrons. The average Bonchev–Trinajstić information content (AvgIpc) is 3.35. The van der Waals surface area contributed by atoms with E-state index in [1.165, 1.54) is 0 Å². The van der Waals surface area contributed by atoms with Crippen LogP contribution in [-0.2, 0) is 22.6 Å². The van der Waals surface area contributed by atoms with Crippen LogP contribution < -0.4 is 5.32 Å². The number of aryl methyl sites for hydroxylation is 1. The van der Waals surface area contributed by atoms with E-state index in [0.717, 1.165) is 29.0 Å². The van der Waals surface area contributed by atoms with Gasteiger partial charge in [0.25, 0.3) is 0 Å². The van der Waals surface area contributed by atoms with E-state index < -0.39 is 6.04 Å². The van der Waals surface area contributed by atoms with Gasteiger partial charge in [0.1, 0.15) is 11.7 Å². The summed E-state index contributed by atoms with van der Waals surface area (Å²) < 4.78 is 2.01. The van der Waals surface area contributed by atoms with E-state index in [2.05, 4.69) is 10.3 Å². The molecule has 6 heteroatoms. The van der Waals surface area contributed by atoms with Crippen LogP contribution in [0.15, 0.2) is 54.7 Å². The fourth-order valence-electron chi connectivity index (χ4n) is 3.79. The first-order chi connectivity index (χ1) is 13.6. The molecular formula is C22H24N4O2. The predicted molar refractivity (Wildman–Crippen MR) is 107 cm³/mol. The second-order valence-electron chi connectivity index (χ2n) is 7.25. The average molecular weight is 376 g/mol. The van der Waals surface area contributed by atoms with Gasteiger partial charge in [-0.3, -0.25) is 9.59 Å². The molecule has 1 aliphatic rings. The number of carbonyl (C=O) groups is 2. The minimum absolute atomic E-state index is 0.00667. The van der Waals surface area contributed by atoms with Crippen molar-refractivity contribution in [2.24, 2.45) is 0 Å². The van der Waals surface area contributed by atoms with Gasteiger partial charge in [-0.05, 0) is 37.5 Å². The van der Waals surface area contributed by atoms with Crippen molar-refractivity contribution in [1.29, 1.82) is 0 Å². The summed E-state index contributed by atoms with van der Waals surface area (Å²) in [4.78, 5) is 31.7. The monoisotopic (exact) mass is 376 g/mol. The lowest BCUT2D eigenvalue weighted by Crippen LogP contribution is -2.46. The van der Waals surface area contributed by atoms with E-state index in [0.29, 0.717) is 25.9 Å². The molecule has 0 bridgehead atoms. The van der Waals surface area contributed by atoms with E-state index >= 15 is 0 Å². The molecule has 3 heterocycles. The number of nitrogens with one attached hydrogen (secondary N) is 1. The number of imidazole rings is 1. The number of amides is 2. The third-order valence-corrected chi connectivity index (χ3v) is 5.26. The van der Waals surface area contributed by atoms with Crippen LogP contribution in [0, 0.1) is 6.92 Å². The molecule has 0 saturated carbocycles. The van der Waals surface area contributed by atoms with E-state index in [1.54, 1.807) is 4.90 Å². The number of hydrogen-bond acceptors (Lipinski definition) is 3. The SMILES string of the molecule is Cc1cccc2nc(CNC(=O)C3CCCN3C(=O)Cc3ccccc3)cn12. The van der Waals surface area contributed by atoms with Gasteiger partial charge in [0.2, 0.25) is 11.8 Å². The molecule has 1 unspecified atom stereocenters. The molecule has 0 aliphatic carbocycles. The normalized spacial score (nSPS) is 16.5. The molecule has 1 aliphatic heterocycles. The van der Waals surface area contributed by atoms with Crippen molar-refractivity contribution >= 4 is 17.5 Å². The second-order valence-corrected chi connectivity index (χ2v) is 7.25. The summed E-state index contributed by atoms with van der Waals surface area (Å²) in [5, 5.41) is 2.96. The maximum Gasteiger partial charge on any atom is 0.243 e. The Kier molecular flexibility index (Phi) is 5.10. The van der Waals surface area contributed by atoms with Crippen molar-refractivity contribution in [1.82, 2.24) is 19.6 Å². The zero-order valence-corrected chi connectivity index (χ0v) is 16.0. The third kappa shape index (κ3) is 3.76. The Balaban J connectivity index is 1.39. The molecule has 4 rings (SSSR count). The largest absolute Gasteiger partial charge is 0.349 e. The fraction of sp³-hybridized carbons (Fsp3) is 0.318. The van der Waals surface area contributed by atoms with Crippen LogP contribution in [0.2, 0.25) is 0 Å².